The first-order valence-electron chi connectivity index (χ1n) is 13.9. The Hall–Kier alpha value is -3.21. The largest absolute Gasteiger partial charge is 0.462 e. The van der Waals surface area contributed by atoms with Crippen molar-refractivity contribution in [2.45, 2.75) is 111 Å². The van der Waals surface area contributed by atoms with Gasteiger partial charge in [0.1, 0.15) is 24.4 Å². The quantitative estimate of drug-likeness (QED) is 0.291. The lowest BCUT2D eigenvalue weighted by molar-refractivity contribution is -0.236. The number of esters is 5. The zero-order valence-corrected chi connectivity index (χ0v) is 25.1. The molecule has 2 fully saturated rings. The van der Waals surface area contributed by atoms with E-state index in [0.29, 0.717) is 12.0 Å². The zero-order chi connectivity index (χ0) is 31.0. The molecule has 11 nitrogen and oxygen atoms in total. The van der Waals surface area contributed by atoms with Gasteiger partial charge in [0, 0.05) is 33.1 Å². The fraction of sp³-hybridized carbons (Fsp3) is 0.700. The Morgan fingerprint density at radius 2 is 1.59 bits per heavy atom. The maximum absolute atomic E-state index is 12.9. The highest BCUT2D eigenvalue weighted by molar-refractivity contribution is 5.78. The van der Waals surface area contributed by atoms with Crippen molar-refractivity contribution in [1.82, 2.24) is 0 Å². The molecule has 228 valence electrons. The van der Waals surface area contributed by atoms with Crippen LogP contribution in [-0.4, -0.2) is 71.1 Å². The molecule has 0 aromatic rings. The second-order valence-corrected chi connectivity index (χ2v) is 12.0. The second-order valence-electron chi connectivity index (χ2n) is 12.0. The van der Waals surface area contributed by atoms with Gasteiger partial charge in [0.15, 0.2) is 11.7 Å². The van der Waals surface area contributed by atoms with Crippen molar-refractivity contribution in [3.05, 3.63) is 23.8 Å². The van der Waals surface area contributed by atoms with E-state index in [9.17, 15) is 29.1 Å². The number of carbonyl (C=O) groups is 5. The Morgan fingerprint density at radius 1 is 1.02 bits per heavy atom. The molecule has 0 bridgehead atoms. The van der Waals surface area contributed by atoms with Gasteiger partial charge in [0.05, 0.1) is 17.3 Å². The van der Waals surface area contributed by atoms with E-state index in [1.807, 2.05) is 0 Å². The molecular weight excluding hydrogens is 536 g/mol. The summed E-state index contributed by atoms with van der Waals surface area (Å²) in [6, 6.07) is 0. The summed E-state index contributed by atoms with van der Waals surface area (Å²) in [5.74, 6) is -5.93. The maximum atomic E-state index is 12.9. The first-order valence-corrected chi connectivity index (χ1v) is 13.9. The molecule has 9 atom stereocenters. The standard InChI is InChI=1S/C30H42O11/c1-14(2)27(34)40-21-13-16(4)24-26(39-20(8)33)30(36)17(5)28(35)41-23(30)12-15(3)10-11-22(37-18(6)31)29(24,9)25(21)38-19(7)32/h12,14,17,21-26,36H,4,10-11,13H2,1-3,5-9H3. The van der Waals surface area contributed by atoms with E-state index in [1.165, 1.54) is 27.7 Å². The van der Waals surface area contributed by atoms with E-state index in [4.69, 9.17) is 23.7 Å². The van der Waals surface area contributed by atoms with Gasteiger partial charge < -0.3 is 28.8 Å². The number of rotatable bonds is 5. The van der Waals surface area contributed by atoms with Crippen molar-refractivity contribution in [2.75, 3.05) is 0 Å². The Labute approximate surface area is 240 Å². The van der Waals surface area contributed by atoms with Crippen molar-refractivity contribution in [1.29, 1.82) is 0 Å². The van der Waals surface area contributed by atoms with Crippen LogP contribution in [0.2, 0.25) is 0 Å². The number of fused-ring (bicyclic) bond motifs is 2. The van der Waals surface area contributed by atoms with Gasteiger partial charge in [-0.05, 0) is 32.8 Å². The Balaban J connectivity index is 2.38. The molecule has 2 aliphatic carbocycles. The lowest BCUT2D eigenvalue weighted by Crippen LogP contribution is -2.68. The Kier molecular flexibility index (Phi) is 9.42. The predicted octanol–water partition coefficient (Wildman–Crippen LogP) is 2.96. The summed E-state index contributed by atoms with van der Waals surface area (Å²) >= 11 is 0. The normalized spacial score (nSPS) is 37.1. The van der Waals surface area contributed by atoms with Crippen LogP contribution in [0.1, 0.15) is 74.7 Å². The third kappa shape index (κ3) is 6.05. The van der Waals surface area contributed by atoms with Crippen LogP contribution >= 0.6 is 0 Å². The highest BCUT2D eigenvalue weighted by Gasteiger charge is 2.69. The minimum Gasteiger partial charge on any atom is -0.462 e. The van der Waals surface area contributed by atoms with Crippen molar-refractivity contribution < 1.29 is 52.8 Å². The number of hydrogen-bond acceptors (Lipinski definition) is 11. The maximum Gasteiger partial charge on any atom is 0.312 e. The number of hydrogen-bond donors (Lipinski definition) is 1. The van der Waals surface area contributed by atoms with Gasteiger partial charge in [-0.2, -0.15) is 0 Å². The van der Waals surface area contributed by atoms with Gasteiger partial charge in [-0.15, -0.1) is 0 Å². The van der Waals surface area contributed by atoms with Crippen LogP contribution in [-0.2, 0) is 47.7 Å². The first-order chi connectivity index (χ1) is 18.9. The van der Waals surface area contributed by atoms with Crippen molar-refractivity contribution >= 4 is 29.8 Å². The van der Waals surface area contributed by atoms with Gasteiger partial charge >= 0.3 is 29.8 Å². The summed E-state index contributed by atoms with van der Waals surface area (Å²) in [5, 5.41) is 12.4. The number of allylic oxidation sites excluding steroid dienone is 1. The van der Waals surface area contributed by atoms with Crippen LogP contribution in [0.3, 0.4) is 0 Å². The lowest BCUT2D eigenvalue weighted by Gasteiger charge is -2.57. The molecule has 9 unspecified atom stereocenters. The molecule has 1 N–H and O–H groups in total. The van der Waals surface area contributed by atoms with Gasteiger partial charge in [0.2, 0.25) is 0 Å². The van der Waals surface area contributed by atoms with Crippen LogP contribution in [0.15, 0.2) is 23.8 Å². The summed E-state index contributed by atoms with van der Waals surface area (Å²) in [4.78, 5) is 63.3. The number of carbonyl (C=O) groups excluding carboxylic acids is 5. The summed E-state index contributed by atoms with van der Waals surface area (Å²) in [7, 11) is 0. The first kappa shape index (κ1) is 32.3. The molecule has 1 saturated carbocycles. The van der Waals surface area contributed by atoms with E-state index >= 15 is 0 Å². The highest BCUT2D eigenvalue weighted by Crippen LogP contribution is 2.56. The summed E-state index contributed by atoms with van der Waals surface area (Å²) in [6.07, 6.45) is -3.65. The van der Waals surface area contributed by atoms with E-state index in [2.05, 4.69) is 6.58 Å². The molecule has 1 heterocycles. The molecule has 41 heavy (non-hydrogen) atoms. The third-order valence-corrected chi connectivity index (χ3v) is 8.59. The minimum atomic E-state index is -2.07. The fourth-order valence-electron chi connectivity index (χ4n) is 6.54. The fourth-order valence-corrected chi connectivity index (χ4v) is 6.54. The molecular formula is C30H42O11. The smallest absolute Gasteiger partial charge is 0.312 e. The molecule has 3 rings (SSSR count). The molecule has 3 aliphatic rings. The SMILES string of the molecule is C=C1CC(OC(=O)C(C)C)C(OC(C)=O)C2(C)C(OC(C)=O)CCC(C)=CC3OC(=O)C(C)C3(O)C(OC(C)=O)C12. The van der Waals surface area contributed by atoms with Crippen LogP contribution < -0.4 is 0 Å². The zero-order valence-electron chi connectivity index (χ0n) is 25.1. The van der Waals surface area contributed by atoms with Crippen LogP contribution in [0.4, 0.5) is 0 Å². The van der Waals surface area contributed by atoms with E-state index < -0.39 is 89.1 Å². The number of ether oxygens (including phenoxy) is 5. The molecule has 1 saturated heterocycles. The molecule has 11 heteroatoms. The number of aliphatic hydroxyl groups is 1. The molecule has 0 radical (unpaired) electrons. The van der Waals surface area contributed by atoms with Crippen molar-refractivity contribution in [3.8, 4) is 0 Å². The highest BCUT2D eigenvalue weighted by atomic mass is 16.6. The summed E-state index contributed by atoms with van der Waals surface area (Å²) < 4.78 is 29.1. The molecule has 0 aromatic carbocycles. The van der Waals surface area contributed by atoms with Crippen LogP contribution in [0.5, 0.6) is 0 Å². The van der Waals surface area contributed by atoms with Gasteiger partial charge in [0.25, 0.3) is 0 Å². The molecule has 0 amide bonds. The minimum absolute atomic E-state index is 0.0139. The summed E-state index contributed by atoms with van der Waals surface area (Å²) in [5.41, 5.74) is -2.42. The average molecular weight is 579 g/mol. The van der Waals surface area contributed by atoms with Crippen LogP contribution in [0.25, 0.3) is 0 Å². The van der Waals surface area contributed by atoms with E-state index in [0.717, 1.165) is 5.57 Å². The van der Waals surface area contributed by atoms with Crippen molar-refractivity contribution in [2.24, 2.45) is 23.2 Å². The summed E-state index contributed by atoms with van der Waals surface area (Å²) in [6.45, 7) is 16.1. The van der Waals surface area contributed by atoms with Gasteiger partial charge in [-0.3, -0.25) is 24.0 Å². The van der Waals surface area contributed by atoms with Crippen LogP contribution in [0, 0.1) is 23.2 Å². The Bertz CT molecular complexity index is 1140. The topological polar surface area (TPSA) is 152 Å². The monoisotopic (exact) mass is 578 g/mol. The molecule has 0 spiro atoms. The Morgan fingerprint density at radius 3 is 2.12 bits per heavy atom. The van der Waals surface area contributed by atoms with Crippen molar-refractivity contribution in [3.63, 3.8) is 0 Å². The van der Waals surface area contributed by atoms with E-state index in [-0.39, 0.29) is 12.8 Å². The second kappa shape index (κ2) is 12.0. The van der Waals surface area contributed by atoms with Gasteiger partial charge in [-0.1, -0.05) is 38.5 Å². The van der Waals surface area contributed by atoms with Gasteiger partial charge in [-0.25, -0.2) is 0 Å². The van der Waals surface area contributed by atoms with E-state index in [1.54, 1.807) is 33.8 Å². The third-order valence-electron chi connectivity index (χ3n) is 8.59. The lowest BCUT2D eigenvalue weighted by atomic mass is 9.54. The predicted molar refractivity (Wildman–Crippen MR) is 144 cm³/mol. The molecule has 1 aliphatic heterocycles. The average Bonchev–Trinajstić information content (AvgIpc) is 3.06. The molecule has 0 aromatic heterocycles.